The lowest BCUT2D eigenvalue weighted by Gasteiger charge is -2.24. The lowest BCUT2D eigenvalue weighted by atomic mass is 10.1. The van der Waals surface area contributed by atoms with Crippen LogP contribution in [0.2, 0.25) is 0 Å². The third-order valence-electron chi connectivity index (χ3n) is 6.82. The van der Waals surface area contributed by atoms with Crippen LogP contribution in [0.25, 0.3) is 0 Å². The highest BCUT2D eigenvalue weighted by molar-refractivity contribution is 8.76. The van der Waals surface area contributed by atoms with Gasteiger partial charge in [0, 0.05) is 74.5 Å². The maximum Gasteiger partial charge on any atom is 0.178 e. The Morgan fingerprint density at radius 1 is 0.647 bits per heavy atom. The molecular weight excluding hydrogens is 456 g/mol. The van der Waals surface area contributed by atoms with E-state index in [0.29, 0.717) is 12.1 Å². The van der Waals surface area contributed by atoms with Gasteiger partial charge >= 0.3 is 0 Å². The average molecular weight is 505 g/mol. The normalized spacial score (nSPS) is 13.5. The van der Waals surface area contributed by atoms with Gasteiger partial charge in [-0.05, 0) is 53.9 Å². The third kappa shape index (κ3) is 11.1. The lowest BCUT2D eigenvalue weighted by molar-refractivity contribution is -0.703. The minimum Gasteiger partial charge on any atom is -0.306 e. The first-order chi connectivity index (χ1) is 16.4. The van der Waals surface area contributed by atoms with E-state index >= 15 is 0 Å². The van der Waals surface area contributed by atoms with Gasteiger partial charge in [-0.1, -0.05) is 33.7 Å². The Balaban J connectivity index is 1.60. The van der Waals surface area contributed by atoms with Gasteiger partial charge in [-0.2, -0.15) is 0 Å². The largest absolute Gasteiger partial charge is 0.306 e. The first-order valence-corrected chi connectivity index (χ1v) is 15.3. The molecular formula is C28H48N4S2+2. The Kier molecular flexibility index (Phi) is 14.2. The molecule has 0 saturated carbocycles. The summed E-state index contributed by atoms with van der Waals surface area (Å²) in [6, 6.07) is 14.2. The second-order valence-corrected chi connectivity index (χ2v) is 12.5. The van der Waals surface area contributed by atoms with Gasteiger partial charge in [0.2, 0.25) is 0 Å². The van der Waals surface area contributed by atoms with Gasteiger partial charge in [-0.15, -0.1) is 0 Å². The molecule has 34 heavy (non-hydrogen) atoms. The van der Waals surface area contributed by atoms with E-state index in [-0.39, 0.29) is 0 Å². The van der Waals surface area contributed by atoms with Crippen LogP contribution >= 0.6 is 21.6 Å². The molecule has 0 aliphatic carbocycles. The smallest absolute Gasteiger partial charge is 0.178 e. The summed E-state index contributed by atoms with van der Waals surface area (Å²) in [7, 11) is 13.1. The molecule has 6 heteroatoms. The van der Waals surface area contributed by atoms with Crippen LogP contribution in [0.4, 0.5) is 0 Å². The number of hydrogen-bond donors (Lipinski definition) is 0. The van der Waals surface area contributed by atoms with E-state index in [9.17, 15) is 0 Å². The predicted molar refractivity (Wildman–Crippen MR) is 150 cm³/mol. The standard InChI is InChI=1S/C28H48N4S2/c1-25-13-7-9-19-31(25)21-11-15-27(29(3)4)17-23-33-34-24-18-28(30(5)6)16-12-22-32-20-10-8-14-26(32)2/h7-10,13-14,19-20,27-28H,11-12,15-18,21-24H2,1-6H3/q+2. The number of pyridine rings is 2. The van der Waals surface area contributed by atoms with Crippen LogP contribution in [0, 0.1) is 13.8 Å². The van der Waals surface area contributed by atoms with E-state index in [1.165, 1.54) is 61.4 Å². The van der Waals surface area contributed by atoms with Crippen LogP contribution < -0.4 is 9.13 Å². The van der Waals surface area contributed by atoms with Crippen molar-refractivity contribution >= 4 is 21.6 Å². The van der Waals surface area contributed by atoms with Crippen molar-refractivity contribution in [2.75, 3.05) is 39.7 Å². The van der Waals surface area contributed by atoms with E-state index in [1.54, 1.807) is 0 Å². The molecule has 0 saturated heterocycles. The van der Waals surface area contributed by atoms with Gasteiger partial charge in [-0.25, -0.2) is 9.13 Å². The Labute approximate surface area is 217 Å². The number of hydrogen-bond acceptors (Lipinski definition) is 4. The molecule has 2 rings (SSSR count). The summed E-state index contributed by atoms with van der Waals surface area (Å²) in [6.07, 6.45) is 12.0. The minimum absolute atomic E-state index is 0.672. The molecule has 2 aromatic rings. The molecule has 0 aromatic carbocycles. The van der Waals surface area contributed by atoms with E-state index in [1.807, 2.05) is 0 Å². The van der Waals surface area contributed by atoms with E-state index in [4.69, 9.17) is 0 Å². The SMILES string of the molecule is Cc1cccc[n+]1CCCC(CCSSCCC(CCC[n+]1ccccc1C)N(C)C)N(C)C. The van der Waals surface area contributed by atoms with Crippen LogP contribution in [0.5, 0.6) is 0 Å². The summed E-state index contributed by atoms with van der Waals surface area (Å²) in [4.78, 5) is 4.84. The zero-order chi connectivity index (χ0) is 24.8. The minimum atomic E-state index is 0.672. The van der Waals surface area contributed by atoms with Crippen LogP contribution in [-0.2, 0) is 13.1 Å². The zero-order valence-corrected chi connectivity index (χ0v) is 24.1. The predicted octanol–water partition coefficient (Wildman–Crippen LogP) is 5.16. The van der Waals surface area contributed by atoms with Crippen molar-refractivity contribution in [1.29, 1.82) is 0 Å². The van der Waals surface area contributed by atoms with Crippen molar-refractivity contribution in [2.45, 2.75) is 77.5 Å². The van der Waals surface area contributed by atoms with Crippen LogP contribution in [0.1, 0.15) is 49.9 Å². The molecule has 190 valence electrons. The molecule has 0 N–H and O–H groups in total. The number of aromatic nitrogens is 2. The molecule has 0 bridgehead atoms. The van der Waals surface area contributed by atoms with E-state index < -0.39 is 0 Å². The summed E-state index contributed by atoms with van der Waals surface area (Å²) >= 11 is 0. The molecule has 2 unspecified atom stereocenters. The fourth-order valence-corrected chi connectivity index (χ4v) is 6.68. The number of aryl methyl sites for hydroxylation is 4. The molecule has 0 radical (unpaired) electrons. The quantitative estimate of drug-likeness (QED) is 0.168. The maximum atomic E-state index is 2.42. The fourth-order valence-electron chi connectivity index (χ4n) is 4.43. The van der Waals surface area contributed by atoms with Crippen molar-refractivity contribution < 1.29 is 9.13 Å². The second kappa shape index (κ2) is 16.6. The van der Waals surface area contributed by atoms with Crippen LogP contribution in [0.3, 0.4) is 0 Å². The van der Waals surface area contributed by atoms with Crippen LogP contribution in [-0.4, -0.2) is 61.6 Å². The number of nitrogens with zero attached hydrogens (tertiary/aromatic N) is 4. The monoisotopic (exact) mass is 504 g/mol. The summed E-state index contributed by atoms with van der Waals surface area (Å²) in [6.45, 7) is 6.63. The highest BCUT2D eigenvalue weighted by atomic mass is 33.1. The Morgan fingerprint density at radius 2 is 1.06 bits per heavy atom. The topological polar surface area (TPSA) is 14.2 Å². The maximum absolute atomic E-state index is 2.42. The molecule has 0 aliphatic heterocycles. The van der Waals surface area contributed by atoms with Gasteiger partial charge in [0.15, 0.2) is 23.8 Å². The van der Waals surface area contributed by atoms with Gasteiger partial charge in [0.25, 0.3) is 0 Å². The van der Waals surface area contributed by atoms with Gasteiger partial charge in [-0.3, -0.25) is 0 Å². The summed E-state index contributed by atoms with van der Waals surface area (Å²) in [5.74, 6) is 2.48. The summed E-state index contributed by atoms with van der Waals surface area (Å²) < 4.78 is 4.75. The van der Waals surface area contributed by atoms with Crippen molar-refractivity contribution in [3.8, 4) is 0 Å². The van der Waals surface area contributed by atoms with Crippen molar-refractivity contribution in [1.82, 2.24) is 9.80 Å². The van der Waals surface area contributed by atoms with Gasteiger partial charge in [0.05, 0.1) is 0 Å². The first kappa shape index (κ1) is 29.2. The Hall–Kier alpha value is -1.08. The highest BCUT2D eigenvalue weighted by Gasteiger charge is 2.15. The molecule has 0 aliphatic rings. The summed E-state index contributed by atoms with van der Waals surface area (Å²) in [5, 5.41) is 0. The highest BCUT2D eigenvalue weighted by Crippen LogP contribution is 2.26. The zero-order valence-electron chi connectivity index (χ0n) is 22.4. The van der Waals surface area contributed by atoms with Crippen LogP contribution in [0.15, 0.2) is 48.8 Å². The molecule has 2 aromatic heterocycles. The number of rotatable bonds is 17. The van der Waals surface area contributed by atoms with Crippen molar-refractivity contribution in [2.24, 2.45) is 0 Å². The van der Waals surface area contributed by atoms with Crippen molar-refractivity contribution in [3.63, 3.8) is 0 Å². The molecule has 2 atom stereocenters. The summed E-state index contributed by atoms with van der Waals surface area (Å²) in [5.41, 5.74) is 2.70. The van der Waals surface area contributed by atoms with E-state index in [2.05, 4.69) is 131 Å². The van der Waals surface area contributed by atoms with Crippen molar-refractivity contribution in [3.05, 3.63) is 60.2 Å². The molecule has 0 fully saturated rings. The first-order valence-electron chi connectivity index (χ1n) is 12.9. The molecule has 0 amide bonds. The van der Waals surface area contributed by atoms with Gasteiger partial charge in [0.1, 0.15) is 13.1 Å². The Bertz CT molecular complexity index is 745. The van der Waals surface area contributed by atoms with Gasteiger partial charge < -0.3 is 9.80 Å². The van der Waals surface area contributed by atoms with E-state index in [0.717, 1.165) is 13.1 Å². The fraction of sp³-hybridized carbons (Fsp3) is 0.643. The Morgan fingerprint density at radius 3 is 1.41 bits per heavy atom. The second-order valence-electron chi connectivity index (χ2n) is 9.81. The molecule has 0 spiro atoms. The average Bonchev–Trinajstić information content (AvgIpc) is 2.80. The third-order valence-corrected chi connectivity index (χ3v) is 9.29. The molecule has 4 nitrogen and oxygen atoms in total. The lowest BCUT2D eigenvalue weighted by Crippen LogP contribution is -2.37. The molecule has 2 heterocycles.